The minimum absolute atomic E-state index is 0.0535. The standard InChI is InChI=1S/C12H20N4O2/c1-12(2)8-16(6-5-13-12)11-14-9(17-3)7-10(15-11)18-4/h7,13H,5-6,8H2,1-4H3. The normalized spacial score (nSPS) is 18.6. The highest BCUT2D eigenvalue weighted by Crippen LogP contribution is 2.22. The second-order valence-corrected chi connectivity index (χ2v) is 4.98. The van der Waals surface area contributed by atoms with Gasteiger partial charge in [-0.3, -0.25) is 0 Å². The molecule has 6 heteroatoms. The molecule has 0 radical (unpaired) electrons. The molecule has 0 saturated carbocycles. The summed E-state index contributed by atoms with van der Waals surface area (Å²) in [4.78, 5) is 10.9. The van der Waals surface area contributed by atoms with Crippen molar-refractivity contribution in [2.75, 3.05) is 38.8 Å². The first-order valence-corrected chi connectivity index (χ1v) is 6.01. The van der Waals surface area contributed by atoms with Crippen LogP contribution < -0.4 is 19.7 Å². The van der Waals surface area contributed by atoms with Crippen molar-refractivity contribution in [2.24, 2.45) is 0 Å². The zero-order valence-corrected chi connectivity index (χ0v) is 11.4. The number of nitrogens with zero attached hydrogens (tertiary/aromatic N) is 3. The third kappa shape index (κ3) is 2.81. The molecule has 0 spiro atoms. The van der Waals surface area contributed by atoms with Gasteiger partial charge in [0.05, 0.1) is 20.3 Å². The fourth-order valence-corrected chi connectivity index (χ4v) is 2.05. The Bertz CT molecular complexity index is 400. The van der Waals surface area contributed by atoms with Gasteiger partial charge in [-0.15, -0.1) is 0 Å². The number of nitrogens with one attached hydrogen (secondary N) is 1. The zero-order valence-electron chi connectivity index (χ0n) is 11.4. The Morgan fingerprint density at radius 1 is 1.22 bits per heavy atom. The van der Waals surface area contributed by atoms with Crippen molar-refractivity contribution in [1.29, 1.82) is 0 Å². The molecule has 1 aromatic heterocycles. The summed E-state index contributed by atoms with van der Waals surface area (Å²) in [7, 11) is 3.18. The van der Waals surface area contributed by atoms with E-state index >= 15 is 0 Å². The molecule has 1 saturated heterocycles. The van der Waals surface area contributed by atoms with Crippen LogP contribution in [0, 0.1) is 0 Å². The molecular formula is C12H20N4O2. The number of anilines is 1. The fourth-order valence-electron chi connectivity index (χ4n) is 2.05. The summed E-state index contributed by atoms with van der Waals surface area (Å²) in [6.45, 7) is 6.96. The first-order chi connectivity index (χ1) is 8.54. The molecule has 18 heavy (non-hydrogen) atoms. The van der Waals surface area contributed by atoms with Crippen LogP contribution in [0.4, 0.5) is 5.95 Å². The Morgan fingerprint density at radius 3 is 2.33 bits per heavy atom. The van der Waals surface area contributed by atoms with Crippen molar-refractivity contribution in [3.63, 3.8) is 0 Å². The number of hydrogen-bond acceptors (Lipinski definition) is 6. The molecular weight excluding hydrogens is 232 g/mol. The summed E-state index contributed by atoms with van der Waals surface area (Å²) in [5.41, 5.74) is 0.0535. The lowest BCUT2D eigenvalue weighted by molar-refractivity contribution is 0.343. The van der Waals surface area contributed by atoms with Gasteiger partial charge < -0.3 is 19.7 Å². The Kier molecular flexibility index (Phi) is 3.56. The van der Waals surface area contributed by atoms with Crippen LogP contribution in [0.3, 0.4) is 0 Å². The topological polar surface area (TPSA) is 59.5 Å². The van der Waals surface area contributed by atoms with Gasteiger partial charge in [-0.25, -0.2) is 0 Å². The first-order valence-electron chi connectivity index (χ1n) is 6.01. The van der Waals surface area contributed by atoms with Gasteiger partial charge in [0.25, 0.3) is 0 Å². The quantitative estimate of drug-likeness (QED) is 0.853. The van der Waals surface area contributed by atoms with Crippen molar-refractivity contribution in [3.8, 4) is 11.8 Å². The van der Waals surface area contributed by atoms with Crippen LogP contribution in [-0.2, 0) is 0 Å². The highest BCUT2D eigenvalue weighted by atomic mass is 16.5. The van der Waals surface area contributed by atoms with Gasteiger partial charge >= 0.3 is 0 Å². The number of ether oxygens (including phenoxy) is 2. The molecule has 100 valence electrons. The zero-order chi connectivity index (χ0) is 13.2. The maximum atomic E-state index is 5.17. The number of hydrogen-bond donors (Lipinski definition) is 1. The monoisotopic (exact) mass is 252 g/mol. The summed E-state index contributed by atoms with van der Waals surface area (Å²) in [6, 6.07) is 1.68. The van der Waals surface area contributed by atoms with E-state index in [9.17, 15) is 0 Å². The molecule has 0 bridgehead atoms. The minimum Gasteiger partial charge on any atom is -0.481 e. The first kappa shape index (κ1) is 12.9. The van der Waals surface area contributed by atoms with Crippen molar-refractivity contribution in [3.05, 3.63) is 6.07 Å². The molecule has 0 atom stereocenters. The molecule has 1 N–H and O–H groups in total. The Hall–Kier alpha value is -1.56. The van der Waals surface area contributed by atoms with E-state index < -0.39 is 0 Å². The van der Waals surface area contributed by atoms with E-state index in [0.717, 1.165) is 19.6 Å². The van der Waals surface area contributed by atoms with Crippen LogP contribution >= 0.6 is 0 Å². The van der Waals surface area contributed by atoms with E-state index in [-0.39, 0.29) is 5.54 Å². The van der Waals surface area contributed by atoms with Crippen molar-refractivity contribution in [1.82, 2.24) is 15.3 Å². The second-order valence-electron chi connectivity index (χ2n) is 4.98. The lowest BCUT2D eigenvalue weighted by Crippen LogP contribution is -2.57. The highest BCUT2D eigenvalue weighted by Gasteiger charge is 2.27. The lowest BCUT2D eigenvalue weighted by Gasteiger charge is -2.39. The molecule has 1 aliphatic heterocycles. The van der Waals surface area contributed by atoms with Crippen LogP contribution in [0.15, 0.2) is 6.07 Å². The van der Waals surface area contributed by atoms with E-state index in [0.29, 0.717) is 17.7 Å². The highest BCUT2D eigenvalue weighted by molar-refractivity contribution is 5.38. The van der Waals surface area contributed by atoms with E-state index in [4.69, 9.17) is 9.47 Å². The fraction of sp³-hybridized carbons (Fsp3) is 0.667. The number of rotatable bonds is 3. The summed E-state index contributed by atoms with van der Waals surface area (Å²) in [6.07, 6.45) is 0. The third-order valence-electron chi connectivity index (χ3n) is 2.94. The largest absolute Gasteiger partial charge is 0.481 e. The molecule has 2 rings (SSSR count). The molecule has 0 amide bonds. The Morgan fingerprint density at radius 2 is 1.83 bits per heavy atom. The lowest BCUT2D eigenvalue weighted by atomic mass is 10.0. The average molecular weight is 252 g/mol. The second kappa shape index (κ2) is 4.97. The van der Waals surface area contributed by atoms with E-state index in [2.05, 4.69) is 34.0 Å². The molecule has 1 fully saturated rings. The molecule has 6 nitrogen and oxygen atoms in total. The predicted octanol–water partition coefficient (Wildman–Crippen LogP) is 0.682. The summed E-state index contributed by atoms with van der Waals surface area (Å²) in [5, 5.41) is 3.46. The average Bonchev–Trinajstić information content (AvgIpc) is 2.37. The smallest absolute Gasteiger partial charge is 0.232 e. The van der Waals surface area contributed by atoms with E-state index in [1.54, 1.807) is 20.3 Å². The van der Waals surface area contributed by atoms with Crippen LogP contribution in [0.25, 0.3) is 0 Å². The molecule has 0 aliphatic carbocycles. The van der Waals surface area contributed by atoms with Gasteiger partial charge in [0.1, 0.15) is 0 Å². The summed E-state index contributed by atoms with van der Waals surface area (Å²) in [5.74, 6) is 1.70. The Balaban J connectivity index is 2.26. The van der Waals surface area contributed by atoms with Gasteiger partial charge in [-0.2, -0.15) is 9.97 Å². The molecule has 1 aliphatic rings. The minimum atomic E-state index is 0.0535. The SMILES string of the molecule is COc1cc(OC)nc(N2CCNC(C)(C)C2)n1. The van der Waals surface area contributed by atoms with Crippen molar-refractivity contribution in [2.45, 2.75) is 19.4 Å². The number of aromatic nitrogens is 2. The van der Waals surface area contributed by atoms with Crippen LogP contribution in [0.5, 0.6) is 11.8 Å². The maximum Gasteiger partial charge on any atom is 0.232 e. The summed E-state index contributed by atoms with van der Waals surface area (Å²) >= 11 is 0. The number of piperazine rings is 1. The van der Waals surface area contributed by atoms with Crippen molar-refractivity contribution < 1.29 is 9.47 Å². The van der Waals surface area contributed by atoms with E-state index in [1.165, 1.54) is 0 Å². The van der Waals surface area contributed by atoms with Crippen LogP contribution in [0.2, 0.25) is 0 Å². The predicted molar refractivity (Wildman–Crippen MR) is 69.4 cm³/mol. The van der Waals surface area contributed by atoms with Gasteiger partial charge in [0.2, 0.25) is 17.7 Å². The Labute approximate surface area is 107 Å². The molecule has 0 unspecified atom stereocenters. The van der Waals surface area contributed by atoms with Gasteiger partial charge in [0, 0.05) is 25.2 Å². The van der Waals surface area contributed by atoms with Crippen LogP contribution in [-0.4, -0.2) is 49.4 Å². The molecule has 2 heterocycles. The molecule has 0 aromatic carbocycles. The van der Waals surface area contributed by atoms with Gasteiger partial charge in [-0.1, -0.05) is 0 Å². The van der Waals surface area contributed by atoms with Crippen molar-refractivity contribution >= 4 is 5.95 Å². The van der Waals surface area contributed by atoms with Gasteiger partial charge in [0.15, 0.2) is 0 Å². The van der Waals surface area contributed by atoms with Gasteiger partial charge in [-0.05, 0) is 13.8 Å². The molecule has 1 aromatic rings. The van der Waals surface area contributed by atoms with Crippen LogP contribution in [0.1, 0.15) is 13.8 Å². The van der Waals surface area contributed by atoms with E-state index in [1.807, 2.05) is 0 Å². The maximum absolute atomic E-state index is 5.17. The number of methoxy groups -OCH3 is 2. The summed E-state index contributed by atoms with van der Waals surface area (Å²) < 4.78 is 10.3. The third-order valence-corrected chi connectivity index (χ3v) is 2.94.